The third kappa shape index (κ3) is 4.74. The van der Waals surface area contributed by atoms with Gasteiger partial charge in [-0.15, -0.1) is 0 Å². The Labute approximate surface area is 120 Å². The van der Waals surface area contributed by atoms with Crippen molar-refractivity contribution >= 4 is 11.7 Å². The summed E-state index contributed by atoms with van der Waals surface area (Å²) in [7, 11) is 1.57. The Bertz CT molecular complexity index is 447. The number of ether oxygens (including phenoxy) is 1. The number of aryl methyl sites for hydroxylation is 1. The number of nitrogens with one attached hydrogen (secondary N) is 2. The number of rotatable bonds is 6. The molecule has 2 amide bonds. The van der Waals surface area contributed by atoms with Crippen LogP contribution >= 0.6 is 0 Å². The lowest BCUT2D eigenvalue weighted by Gasteiger charge is -2.22. The van der Waals surface area contributed by atoms with Gasteiger partial charge in [0.25, 0.3) is 0 Å². The molecule has 0 radical (unpaired) electrons. The molecular formula is C15H24N2O3. The second kappa shape index (κ2) is 7.75. The molecule has 0 fully saturated rings. The number of aliphatic hydroxyl groups is 1. The van der Waals surface area contributed by atoms with E-state index in [-0.39, 0.29) is 24.6 Å². The minimum absolute atomic E-state index is 0.0525. The van der Waals surface area contributed by atoms with Crippen molar-refractivity contribution in [1.29, 1.82) is 0 Å². The summed E-state index contributed by atoms with van der Waals surface area (Å²) >= 11 is 0. The first kappa shape index (κ1) is 16.3. The molecule has 0 aliphatic rings. The van der Waals surface area contributed by atoms with Gasteiger partial charge in [-0.1, -0.05) is 19.9 Å². The number of methoxy groups -OCH3 is 1. The highest BCUT2D eigenvalue weighted by Gasteiger charge is 2.16. The normalized spacial score (nSPS) is 12.1. The van der Waals surface area contributed by atoms with Crippen LogP contribution in [0, 0.1) is 12.8 Å². The molecule has 0 heterocycles. The molecule has 0 saturated carbocycles. The largest absolute Gasteiger partial charge is 0.495 e. The summed E-state index contributed by atoms with van der Waals surface area (Å²) in [5.41, 5.74) is 1.67. The highest BCUT2D eigenvalue weighted by Crippen LogP contribution is 2.25. The Morgan fingerprint density at radius 1 is 1.40 bits per heavy atom. The van der Waals surface area contributed by atoms with Gasteiger partial charge in [0.1, 0.15) is 5.75 Å². The van der Waals surface area contributed by atoms with Crippen LogP contribution in [0.25, 0.3) is 0 Å². The molecule has 0 aliphatic heterocycles. The van der Waals surface area contributed by atoms with Gasteiger partial charge < -0.3 is 20.5 Å². The zero-order chi connectivity index (χ0) is 15.1. The van der Waals surface area contributed by atoms with Crippen LogP contribution in [0.1, 0.15) is 25.8 Å². The first-order valence-electron chi connectivity index (χ1n) is 6.81. The molecule has 1 aromatic carbocycles. The van der Waals surface area contributed by atoms with Crippen molar-refractivity contribution < 1.29 is 14.6 Å². The molecule has 0 aliphatic carbocycles. The number of hydrogen-bond acceptors (Lipinski definition) is 3. The zero-order valence-corrected chi connectivity index (χ0v) is 12.6. The fourth-order valence-electron chi connectivity index (χ4n) is 1.96. The SMILES string of the molecule is COc1ccc(C)cc1NC(=O)NC(CCO)C(C)C. The number of benzene rings is 1. The average molecular weight is 280 g/mol. The van der Waals surface area contributed by atoms with Crippen LogP contribution < -0.4 is 15.4 Å². The summed E-state index contributed by atoms with van der Waals surface area (Å²) in [6.07, 6.45) is 0.538. The molecule has 3 N–H and O–H groups in total. The number of anilines is 1. The minimum atomic E-state index is -0.291. The molecule has 0 saturated heterocycles. The van der Waals surface area contributed by atoms with E-state index in [1.807, 2.05) is 39.0 Å². The molecule has 112 valence electrons. The van der Waals surface area contributed by atoms with Crippen molar-refractivity contribution in [3.05, 3.63) is 23.8 Å². The van der Waals surface area contributed by atoms with Gasteiger partial charge in [-0.2, -0.15) is 0 Å². The zero-order valence-electron chi connectivity index (χ0n) is 12.6. The molecule has 0 aromatic heterocycles. The van der Waals surface area contributed by atoms with E-state index < -0.39 is 0 Å². The van der Waals surface area contributed by atoms with Gasteiger partial charge >= 0.3 is 6.03 Å². The number of amides is 2. The fraction of sp³-hybridized carbons (Fsp3) is 0.533. The molecule has 1 atom stereocenters. The van der Waals surface area contributed by atoms with Gasteiger partial charge in [0, 0.05) is 12.6 Å². The van der Waals surface area contributed by atoms with Crippen LogP contribution in [0.5, 0.6) is 5.75 Å². The molecule has 0 bridgehead atoms. The average Bonchev–Trinajstić information content (AvgIpc) is 2.38. The molecule has 5 nitrogen and oxygen atoms in total. The van der Waals surface area contributed by atoms with Crippen molar-refractivity contribution in [3.63, 3.8) is 0 Å². The fourth-order valence-corrected chi connectivity index (χ4v) is 1.96. The minimum Gasteiger partial charge on any atom is -0.495 e. The summed E-state index contributed by atoms with van der Waals surface area (Å²) in [6, 6.07) is 5.25. The smallest absolute Gasteiger partial charge is 0.319 e. The Morgan fingerprint density at radius 3 is 2.65 bits per heavy atom. The molecule has 5 heteroatoms. The lowest BCUT2D eigenvalue weighted by atomic mass is 10.0. The van der Waals surface area contributed by atoms with Crippen molar-refractivity contribution in [3.8, 4) is 5.75 Å². The predicted molar refractivity (Wildman–Crippen MR) is 80.2 cm³/mol. The molecule has 1 rings (SSSR count). The Morgan fingerprint density at radius 2 is 2.10 bits per heavy atom. The van der Waals surface area contributed by atoms with E-state index in [4.69, 9.17) is 9.84 Å². The molecule has 20 heavy (non-hydrogen) atoms. The highest BCUT2D eigenvalue weighted by molar-refractivity contribution is 5.91. The summed E-state index contributed by atoms with van der Waals surface area (Å²) < 4.78 is 5.22. The third-order valence-electron chi connectivity index (χ3n) is 3.16. The number of carbonyl (C=O) groups is 1. The standard InChI is InChI=1S/C15H24N2O3/c1-10(2)12(7-8-18)16-15(19)17-13-9-11(3)5-6-14(13)20-4/h5-6,9-10,12,18H,7-8H2,1-4H3,(H2,16,17,19). The van der Waals surface area contributed by atoms with Crippen molar-refractivity contribution in [2.75, 3.05) is 19.0 Å². The molecular weight excluding hydrogens is 256 g/mol. The Hall–Kier alpha value is -1.75. The van der Waals surface area contributed by atoms with Gasteiger partial charge in [-0.25, -0.2) is 4.79 Å². The Balaban J connectivity index is 2.72. The van der Waals surface area contributed by atoms with Crippen molar-refractivity contribution in [1.82, 2.24) is 5.32 Å². The van der Waals surface area contributed by atoms with Crippen LogP contribution in [0.3, 0.4) is 0 Å². The summed E-state index contributed by atoms with van der Waals surface area (Å²) in [5.74, 6) is 0.876. The maximum atomic E-state index is 12.0. The Kier molecular flexibility index (Phi) is 6.31. The lowest BCUT2D eigenvalue weighted by molar-refractivity contribution is 0.227. The van der Waals surface area contributed by atoms with E-state index >= 15 is 0 Å². The summed E-state index contributed by atoms with van der Waals surface area (Å²) in [5, 5.41) is 14.7. The monoisotopic (exact) mass is 280 g/mol. The quantitative estimate of drug-likeness (QED) is 0.750. The number of urea groups is 1. The van der Waals surface area contributed by atoms with Crippen molar-refractivity contribution in [2.45, 2.75) is 33.2 Å². The second-order valence-electron chi connectivity index (χ2n) is 5.16. The van der Waals surface area contributed by atoms with Gasteiger partial charge in [-0.05, 0) is 37.0 Å². The highest BCUT2D eigenvalue weighted by atomic mass is 16.5. The van der Waals surface area contributed by atoms with E-state index in [9.17, 15) is 4.79 Å². The number of aliphatic hydroxyl groups excluding tert-OH is 1. The van der Waals surface area contributed by atoms with Crippen molar-refractivity contribution in [2.24, 2.45) is 5.92 Å². The van der Waals surface area contributed by atoms with Crippen LogP contribution in [0.4, 0.5) is 10.5 Å². The lowest BCUT2D eigenvalue weighted by Crippen LogP contribution is -2.41. The predicted octanol–water partition coefficient (Wildman–Crippen LogP) is 2.53. The number of hydrogen-bond donors (Lipinski definition) is 3. The molecule has 1 unspecified atom stereocenters. The van der Waals surface area contributed by atoms with Crippen LogP contribution in [0.15, 0.2) is 18.2 Å². The maximum absolute atomic E-state index is 12.0. The summed E-state index contributed by atoms with van der Waals surface area (Å²) in [4.78, 5) is 12.0. The molecule has 1 aromatic rings. The third-order valence-corrected chi connectivity index (χ3v) is 3.16. The maximum Gasteiger partial charge on any atom is 0.319 e. The van der Waals surface area contributed by atoms with E-state index in [2.05, 4.69) is 10.6 Å². The molecule has 0 spiro atoms. The van der Waals surface area contributed by atoms with Gasteiger partial charge in [-0.3, -0.25) is 0 Å². The van der Waals surface area contributed by atoms with E-state index in [0.29, 0.717) is 17.9 Å². The van der Waals surface area contributed by atoms with Gasteiger partial charge in [0.05, 0.1) is 12.8 Å². The first-order chi connectivity index (χ1) is 9.47. The van der Waals surface area contributed by atoms with Crippen LogP contribution in [-0.2, 0) is 0 Å². The van der Waals surface area contributed by atoms with E-state index in [1.165, 1.54) is 0 Å². The van der Waals surface area contributed by atoms with Crippen LogP contribution in [-0.4, -0.2) is 30.9 Å². The second-order valence-corrected chi connectivity index (χ2v) is 5.16. The van der Waals surface area contributed by atoms with Gasteiger partial charge in [0.15, 0.2) is 0 Å². The first-order valence-corrected chi connectivity index (χ1v) is 6.81. The van der Waals surface area contributed by atoms with Gasteiger partial charge in [0.2, 0.25) is 0 Å². The van der Waals surface area contributed by atoms with E-state index in [0.717, 1.165) is 5.56 Å². The topological polar surface area (TPSA) is 70.6 Å². The van der Waals surface area contributed by atoms with Crippen LogP contribution in [0.2, 0.25) is 0 Å². The summed E-state index contributed by atoms with van der Waals surface area (Å²) in [6.45, 7) is 6.02. The van der Waals surface area contributed by atoms with E-state index in [1.54, 1.807) is 7.11 Å². The number of carbonyl (C=O) groups excluding carboxylic acids is 1.